The van der Waals surface area contributed by atoms with Crippen molar-refractivity contribution in [1.29, 1.82) is 0 Å². The minimum atomic E-state index is 0.631. The van der Waals surface area contributed by atoms with Gasteiger partial charge in [-0.05, 0) is 53.2 Å². The van der Waals surface area contributed by atoms with Crippen molar-refractivity contribution < 1.29 is 4.74 Å². The summed E-state index contributed by atoms with van der Waals surface area (Å²) in [6.45, 7) is 2.72. The number of hydrogen-bond acceptors (Lipinski definition) is 3. The number of nitrogens with zero attached hydrogens (tertiary/aromatic N) is 2. The third kappa shape index (κ3) is 2.67. The highest BCUT2D eigenvalue weighted by molar-refractivity contribution is 9.10. The predicted molar refractivity (Wildman–Crippen MR) is 80.4 cm³/mol. The van der Waals surface area contributed by atoms with Gasteiger partial charge >= 0.3 is 0 Å². The summed E-state index contributed by atoms with van der Waals surface area (Å²) >= 11 is 3.51. The maximum Gasteiger partial charge on any atom is 0.133 e. The molecule has 0 saturated carbocycles. The van der Waals surface area contributed by atoms with Gasteiger partial charge in [-0.2, -0.15) is 5.10 Å². The molecule has 5 heteroatoms. The zero-order valence-electron chi connectivity index (χ0n) is 11.4. The van der Waals surface area contributed by atoms with Crippen LogP contribution in [0.1, 0.15) is 11.3 Å². The number of methoxy groups -OCH3 is 1. The minimum absolute atomic E-state index is 0.631. The second kappa shape index (κ2) is 5.75. The third-order valence-corrected chi connectivity index (χ3v) is 3.85. The smallest absolute Gasteiger partial charge is 0.133 e. The molecule has 2 aromatic rings. The maximum absolute atomic E-state index is 5.64. The van der Waals surface area contributed by atoms with Gasteiger partial charge in [-0.3, -0.25) is 4.68 Å². The zero-order chi connectivity index (χ0) is 14.0. The lowest BCUT2D eigenvalue weighted by Crippen LogP contribution is -2.08. The number of halogens is 1. The van der Waals surface area contributed by atoms with Gasteiger partial charge in [-0.25, -0.2) is 0 Å². The number of aromatic nitrogens is 2. The van der Waals surface area contributed by atoms with Crippen molar-refractivity contribution in [2.75, 3.05) is 13.7 Å². The van der Waals surface area contributed by atoms with Crippen molar-refractivity contribution >= 4 is 15.9 Å². The van der Waals surface area contributed by atoms with Crippen LogP contribution in [-0.4, -0.2) is 23.4 Å². The average molecular weight is 324 g/mol. The SMILES string of the molecule is COc1ccc(-c2nn(C)c(CCN)c2C)cc1Br. The molecule has 0 unspecified atom stereocenters. The van der Waals surface area contributed by atoms with E-state index in [4.69, 9.17) is 10.5 Å². The fourth-order valence-corrected chi connectivity index (χ4v) is 2.78. The van der Waals surface area contributed by atoms with Crippen LogP contribution in [-0.2, 0) is 13.5 Å². The first-order chi connectivity index (χ1) is 9.08. The van der Waals surface area contributed by atoms with E-state index >= 15 is 0 Å². The number of hydrogen-bond donors (Lipinski definition) is 1. The maximum atomic E-state index is 5.64. The number of rotatable bonds is 4. The molecule has 0 atom stereocenters. The summed E-state index contributed by atoms with van der Waals surface area (Å²) in [5, 5.41) is 4.60. The van der Waals surface area contributed by atoms with Crippen molar-refractivity contribution in [3.8, 4) is 17.0 Å². The molecule has 1 heterocycles. The third-order valence-electron chi connectivity index (χ3n) is 3.24. The van der Waals surface area contributed by atoms with Gasteiger partial charge in [0.05, 0.1) is 17.3 Å². The second-order valence-electron chi connectivity index (χ2n) is 4.43. The zero-order valence-corrected chi connectivity index (χ0v) is 13.0. The van der Waals surface area contributed by atoms with E-state index in [1.54, 1.807) is 7.11 Å². The van der Waals surface area contributed by atoms with Crippen LogP contribution in [0.2, 0.25) is 0 Å². The Labute approximate surface area is 121 Å². The lowest BCUT2D eigenvalue weighted by atomic mass is 10.1. The largest absolute Gasteiger partial charge is 0.496 e. The van der Waals surface area contributed by atoms with Crippen LogP contribution in [0.3, 0.4) is 0 Å². The Morgan fingerprint density at radius 2 is 2.16 bits per heavy atom. The molecule has 0 spiro atoms. The van der Waals surface area contributed by atoms with Crippen LogP contribution in [0.4, 0.5) is 0 Å². The fourth-order valence-electron chi connectivity index (χ4n) is 2.24. The van der Waals surface area contributed by atoms with Crippen LogP contribution in [0.5, 0.6) is 5.75 Å². The highest BCUT2D eigenvalue weighted by Crippen LogP contribution is 2.32. The Morgan fingerprint density at radius 3 is 2.74 bits per heavy atom. The second-order valence-corrected chi connectivity index (χ2v) is 5.29. The van der Waals surface area contributed by atoms with Crippen molar-refractivity contribution in [1.82, 2.24) is 9.78 Å². The van der Waals surface area contributed by atoms with Gasteiger partial charge in [0, 0.05) is 24.7 Å². The molecule has 0 aliphatic heterocycles. The Balaban J connectivity index is 2.47. The molecule has 0 fully saturated rings. The molecule has 0 radical (unpaired) electrons. The molecule has 0 aliphatic rings. The van der Waals surface area contributed by atoms with E-state index in [0.29, 0.717) is 6.54 Å². The molecule has 1 aromatic carbocycles. The lowest BCUT2D eigenvalue weighted by molar-refractivity contribution is 0.412. The first kappa shape index (κ1) is 14.1. The normalized spacial score (nSPS) is 10.8. The van der Waals surface area contributed by atoms with Crippen molar-refractivity contribution in [2.45, 2.75) is 13.3 Å². The molecule has 0 amide bonds. The first-order valence-corrected chi connectivity index (χ1v) is 6.94. The first-order valence-electron chi connectivity index (χ1n) is 6.15. The Kier molecular flexibility index (Phi) is 4.27. The molecular weight excluding hydrogens is 306 g/mol. The molecule has 0 saturated heterocycles. The highest BCUT2D eigenvalue weighted by atomic mass is 79.9. The van der Waals surface area contributed by atoms with Crippen LogP contribution in [0.15, 0.2) is 22.7 Å². The van der Waals surface area contributed by atoms with Gasteiger partial charge in [-0.1, -0.05) is 0 Å². The Hall–Kier alpha value is -1.33. The molecule has 102 valence electrons. The molecule has 2 rings (SSSR count). The van der Waals surface area contributed by atoms with Crippen LogP contribution in [0.25, 0.3) is 11.3 Å². The number of benzene rings is 1. The average Bonchev–Trinajstić information content (AvgIpc) is 2.67. The van der Waals surface area contributed by atoms with Gasteiger partial charge in [0.15, 0.2) is 0 Å². The summed E-state index contributed by atoms with van der Waals surface area (Å²) in [6.07, 6.45) is 0.840. The van der Waals surface area contributed by atoms with Crippen LogP contribution in [0, 0.1) is 6.92 Å². The summed E-state index contributed by atoms with van der Waals surface area (Å²) in [5.41, 5.74) is 10.1. The van der Waals surface area contributed by atoms with Crippen molar-refractivity contribution in [3.05, 3.63) is 33.9 Å². The van der Waals surface area contributed by atoms with Crippen LogP contribution < -0.4 is 10.5 Å². The molecule has 1 aromatic heterocycles. The van der Waals surface area contributed by atoms with Gasteiger partial charge in [0.1, 0.15) is 5.75 Å². The van der Waals surface area contributed by atoms with E-state index in [-0.39, 0.29) is 0 Å². The molecule has 19 heavy (non-hydrogen) atoms. The fraction of sp³-hybridized carbons (Fsp3) is 0.357. The van der Waals surface area contributed by atoms with E-state index in [2.05, 4.69) is 28.0 Å². The van der Waals surface area contributed by atoms with E-state index in [0.717, 1.165) is 27.9 Å². The quantitative estimate of drug-likeness (QED) is 0.941. The van der Waals surface area contributed by atoms with Crippen molar-refractivity contribution in [3.63, 3.8) is 0 Å². The Morgan fingerprint density at radius 1 is 1.42 bits per heavy atom. The van der Waals surface area contributed by atoms with E-state index in [1.165, 1.54) is 11.3 Å². The van der Waals surface area contributed by atoms with Crippen LogP contribution >= 0.6 is 15.9 Å². The monoisotopic (exact) mass is 323 g/mol. The van der Waals surface area contributed by atoms with Gasteiger partial charge in [0.2, 0.25) is 0 Å². The van der Waals surface area contributed by atoms with Crippen molar-refractivity contribution in [2.24, 2.45) is 12.8 Å². The standard InChI is InChI=1S/C14H18BrN3O/c1-9-12(6-7-16)18(2)17-14(9)10-4-5-13(19-3)11(15)8-10/h4-5,8H,6-7,16H2,1-3H3. The number of nitrogens with two attached hydrogens (primary N) is 1. The van der Waals surface area contributed by atoms with Gasteiger partial charge in [0.25, 0.3) is 0 Å². The Bertz CT molecular complexity index is 593. The summed E-state index contributed by atoms with van der Waals surface area (Å²) in [5.74, 6) is 0.819. The minimum Gasteiger partial charge on any atom is -0.496 e. The highest BCUT2D eigenvalue weighted by Gasteiger charge is 2.14. The molecule has 4 nitrogen and oxygen atoms in total. The van der Waals surface area contributed by atoms with E-state index in [9.17, 15) is 0 Å². The number of ether oxygens (including phenoxy) is 1. The lowest BCUT2D eigenvalue weighted by Gasteiger charge is -2.05. The van der Waals surface area contributed by atoms with Gasteiger partial charge in [-0.15, -0.1) is 0 Å². The summed E-state index contributed by atoms with van der Waals surface area (Å²) in [7, 11) is 3.62. The van der Waals surface area contributed by atoms with Gasteiger partial charge < -0.3 is 10.5 Å². The molecule has 0 aliphatic carbocycles. The van der Waals surface area contributed by atoms with E-state index < -0.39 is 0 Å². The topological polar surface area (TPSA) is 53.1 Å². The molecule has 2 N–H and O–H groups in total. The predicted octanol–water partition coefficient (Wildman–Crippen LogP) is 2.67. The summed E-state index contributed by atoms with van der Waals surface area (Å²) in [6, 6.07) is 5.99. The molecular formula is C14H18BrN3O. The number of aryl methyl sites for hydroxylation is 1. The summed E-state index contributed by atoms with van der Waals surface area (Å²) < 4.78 is 8.09. The van der Waals surface area contributed by atoms with E-state index in [1.807, 2.05) is 29.9 Å². The summed E-state index contributed by atoms with van der Waals surface area (Å²) in [4.78, 5) is 0. The molecule has 0 bridgehead atoms.